The maximum atomic E-state index is 4.28. The molecule has 0 atom stereocenters. The molecule has 0 spiro atoms. The minimum Gasteiger partial charge on any atom is -0.241 e. The molecule has 0 unspecified atom stereocenters. The Labute approximate surface area is 106 Å². The summed E-state index contributed by atoms with van der Waals surface area (Å²) in [6.07, 6.45) is 1.61. The maximum Gasteiger partial charge on any atom is 0.116 e. The molecule has 0 saturated carbocycles. The van der Waals surface area contributed by atoms with Gasteiger partial charge in [0.15, 0.2) is 0 Å². The Hall–Kier alpha value is -2.22. The van der Waals surface area contributed by atoms with Gasteiger partial charge in [-0.3, -0.25) is 0 Å². The summed E-state index contributed by atoms with van der Waals surface area (Å²) < 4.78 is 0. The fraction of sp³-hybridized carbons (Fsp3) is 0.125. The van der Waals surface area contributed by atoms with Gasteiger partial charge in [-0.05, 0) is 37.1 Å². The summed E-state index contributed by atoms with van der Waals surface area (Å²) in [6, 6.07) is 14.9. The second-order valence-electron chi connectivity index (χ2n) is 4.56. The van der Waals surface area contributed by atoms with Gasteiger partial charge in [-0.1, -0.05) is 35.9 Å². The molecule has 2 heteroatoms. The lowest BCUT2D eigenvalue weighted by Gasteiger charge is -2.05. The molecule has 3 rings (SSSR count). The molecule has 1 heterocycles. The number of hydrogen-bond donors (Lipinski definition) is 0. The van der Waals surface area contributed by atoms with Gasteiger partial charge < -0.3 is 0 Å². The number of hydrogen-bond acceptors (Lipinski definition) is 2. The summed E-state index contributed by atoms with van der Waals surface area (Å²) in [6.45, 7) is 4.12. The van der Waals surface area contributed by atoms with Crippen molar-refractivity contribution in [2.24, 2.45) is 0 Å². The summed E-state index contributed by atoms with van der Waals surface area (Å²) in [5, 5.41) is 1.12. The largest absolute Gasteiger partial charge is 0.241 e. The topological polar surface area (TPSA) is 25.8 Å². The first kappa shape index (κ1) is 10.9. The summed E-state index contributed by atoms with van der Waals surface area (Å²) in [4.78, 5) is 8.52. The van der Waals surface area contributed by atoms with E-state index in [1.807, 2.05) is 6.92 Å². The van der Waals surface area contributed by atoms with E-state index in [0.717, 1.165) is 16.6 Å². The fourth-order valence-electron chi connectivity index (χ4n) is 2.11. The molecule has 18 heavy (non-hydrogen) atoms. The number of benzene rings is 2. The molecule has 0 aliphatic rings. The van der Waals surface area contributed by atoms with Gasteiger partial charge in [-0.15, -0.1) is 0 Å². The van der Waals surface area contributed by atoms with E-state index in [1.165, 1.54) is 16.7 Å². The van der Waals surface area contributed by atoms with Crippen molar-refractivity contribution in [1.82, 2.24) is 9.97 Å². The average Bonchev–Trinajstić information content (AvgIpc) is 2.40. The van der Waals surface area contributed by atoms with E-state index < -0.39 is 0 Å². The van der Waals surface area contributed by atoms with E-state index in [0.29, 0.717) is 0 Å². The molecule has 0 aliphatic carbocycles. The predicted molar refractivity (Wildman–Crippen MR) is 74.4 cm³/mol. The van der Waals surface area contributed by atoms with Crippen LogP contribution in [-0.4, -0.2) is 9.97 Å². The molecular formula is C16H14N2. The predicted octanol–water partition coefficient (Wildman–Crippen LogP) is 3.91. The van der Waals surface area contributed by atoms with Gasteiger partial charge in [0.1, 0.15) is 6.33 Å². The third-order valence-electron chi connectivity index (χ3n) is 3.22. The van der Waals surface area contributed by atoms with Crippen LogP contribution in [0.2, 0.25) is 0 Å². The van der Waals surface area contributed by atoms with Crippen LogP contribution < -0.4 is 0 Å². The van der Waals surface area contributed by atoms with Crippen molar-refractivity contribution in [2.45, 2.75) is 13.8 Å². The van der Waals surface area contributed by atoms with E-state index in [-0.39, 0.29) is 0 Å². The molecule has 0 aliphatic heterocycles. The first-order chi connectivity index (χ1) is 8.74. The zero-order valence-electron chi connectivity index (χ0n) is 10.5. The number of aromatic nitrogens is 2. The molecule has 0 bridgehead atoms. The zero-order chi connectivity index (χ0) is 12.5. The van der Waals surface area contributed by atoms with Gasteiger partial charge in [0, 0.05) is 11.1 Å². The van der Waals surface area contributed by atoms with Gasteiger partial charge in [-0.2, -0.15) is 0 Å². The summed E-state index contributed by atoms with van der Waals surface area (Å²) >= 11 is 0. The van der Waals surface area contributed by atoms with Crippen LogP contribution in [-0.2, 0) is 0 Å². The average molecular weight is 234 g/mol. The first-order valence-electron chi connectivity index (χ1n) is 6.02. The van der Waals surface area contributed by atoms with Crippen LogP contribution in [0.1, 0.15) is 11.3 Å². The highest BCUT2D eigenvalue weighted by Crippen LogP contribution is 2.24. The van der Waals surface area contributed by atoms with E-state index in [4.69, 9.17) is 0 Å². The molecular weight excluding hydrogens is 220 g/mol. The van der Waals surface area contributed by atoms with Crippen LogP contribution in [0.3, 0.4) is 0 Å². The van der Waals surface area contributed by atoms with Crippen LogP contribution >= 0.6 is 0 Å². The van der Waals surface area contributed by atoms with E-state index >= 15 is 0 Å². The van der Waals surface area contributed by atoms with Crippen molar-refractivity contribution < 1.29 is 0 Å². The molecule has 2 nitrogen and oxygen atoms in total. The summed E-state index contributed by atoms with van der Waals surface area (Å²) in [7, 11) is 0. The minimum absolute atomic E-state index is 0.998. The van der Waals surface area contributed by atoms with Gasteiger partial charge in [0.2, 0.25) is 0 Å². The second kappa shape index (κ2) is 4.22. The van der Waals surface area contributed by atoms with Crippen molar-refractivity contribution in [1.29, 1.82) is 0 Å². The smallest absolute Gasteiger partial charge is 0.116 e. The van der Waals surface area contributed by atoms with Gasteiger partial charge in [0.25, 0.3) is 0 Å². The Kier molecular flexibility index (Phi) is 2.56. The van der Waals surface area contributed by atoms with Gasteiger partial charge >= 0.3 is 0 Å². The van der Waals surface area contributed by atoms with E-state index in [1.54, 1.807) is 6.33 Å². The lowest BCUT2D eigenvalue weighted by atomic mass is 10.0. The lowest BCUT2D eigenvalue weighted by molar-refractivity contribution is 1.15. The Morgan fingerprint density at radius 3 is 2.28 bits per heavy atom. The van der Waals surface area contributed by atoms with Crippen molar-refractivity contribution in [3.05, 3.63) is 60.0 Å². The van der Waals surface area contributed by atoms with Crippen LogP contribution in [0, 0.1) is 13.8 Å². The third-order valence-corrected chi connectivity index (χ3v) is 3.22. The number of nitrogens with zero attached hydrogens (tertiary/aromatic N) is 2. The highest BCUT2D eigenvalue weighted by atomic mass is 14.8. The van der Waals surface area contributed by atoms with E-state index in [9.17, 15) is 0 Å². The molecule has 88 valence electrons. The van der Waals surface area contributed by atoms with Crippen molar-refractivity contribution in [2.75, 3.05) is 0 Å². The highest BCUT2D eigenvalue weighted by molar-refractivity contribution is 5.85. The van der Waals surface area contributed by atoms with Crippen LogP contribution in [0.25, 0.3) is 22.0 Å². The van der Waals surface area contributed by atoms with Crippen LogP contribution in [0.4, 0.5) is 0 Å². The Bertz CT molecular complexity index is 700. The summed E-state index contributed by atoms with van der Waals surface area (Å²) in [5.74, 6) is 0. The molecule has 0 amide bonds. The summed E-state index contributed by atoms with van der Waals surface area (Å²) in [5.41, 5.74) is 5.73. The number of rotatable bonds is 1. The van der Waals surface area contributed by atoms with Crippen LogP contribution in [0.5, 0.6) is 0 Å². The molecule has 2 aromatic carbocycles. The minimum atomic E-state index is 0.998. The monoisotopic (exact) mass is 234 g/mol. The molecule has 0 radical (unpaired) electrons. The van der Waals surface area contributed by atoms with Crippen molar-refractivity contribution >= 4 is 10.9 Å². The van der Waals surface area contributed by atoms with Crippen LogP contribution in [0.15, 0.2) is 48.8 Å². The van der Waals surface area contributed by atoms with Crippen molar-refractivity contribution in [3.8, 4) is 11.1 Å². The standard InChI is InChI=1S/C16H14N2/c1-11-3-5-13(6-4-11)14-7-8-16-15(9-14)12(2)17-10-18-16/h3-10H,1-2H3. The SMILES string of the molecule is Cc1ccc(-c2ccc3ncnc(C)c3c2)cc1. The number of fused-ring (bicyclic) bond motifs is 1. The Morgan fingerprint density at radius 2 is 1.50 bits per heavy atom. The Morgan fingerprint density at radius 1 is 0.778 bits per heavy atom. The molecule has 1 aromatic heterocycles. The molecule has 0 fully saturated rings. The molecule has 3 aromatic rings. The zero-order valence-corrected chi connectivity index (χ0v) is 10.5. The highest BCUT2D eigenvalue weighted by Gasteiger charge is 2.02. The van der Waals surface area contributed by atoms with Gasteiger partial charge in [0.05, 0.1) is 5.52 Å². The lowest BCUT2D eigenvalue weighted by Crippen LogP contribution is -1.88. The quantitative estimate of drug-likeness (QED) is 0.638. The second-order valence-corrected chi connectivity index (χ2v) is 4.56. The van der Waals surface area contributed by atoms with Gasteiger partial charge in [-0.25, -0.2) is 9.97 Å². The molecule has 0 saturated heterocycles. The Balaban J connectivity index is 2.18. The number of aryl methyl sites for hydroxylation is 2. The maximum absolute atomic E-state index is 4.28. The fourth-order valence-corrected chi connectivity index (χ4v) is 2.11. The van der Waals surface area contributed by atoms with Crippen molar-refractivity contribution in [3.63, 3.8) is 0 Å². The molecule has 0 N–H and O–H groups in total. The third kappa shape index (κ3) is 1.86. The van der Waals surface area contributed by atoms with E-state index in [2.05, 4.69) is 59.4 Å². The first-order valence-corrected chi connectivity index (χ1v) is 6.02. The normalized spacial score (nSPS) is 10.8.